The molecule has 5 heavy (non-hydrogen) atoms. The van der Waals surface area contributed by atoms with E-state index >= 15 is 0 Å². The van der Waals surface area contributed by atoms with E-state index in [1.807, 2.05) is 0 Å². The smallest absolute Gasteiger partial charge is 1.00 e. The molecule has 5 heteroatoms. The molecular formula is H3Cl3NRu. The van der Waals surface area contributed by atoms with Crippen LogP contribution in [-0.2, 0) is 19.5 Å². The maximum absolute atomic E-state index is 0. The van der Waals surface area contributed by atoms with Crippen molar-refractivity contribution >= 4 is 0 Å². The molecule has 0 spiro atoms. The molecule has 0 rings (SSSR count). The molecule has 1 radical (unpaired) electrons. The first kappa shape index (κ1) is 90.9. The number of rotatable bonds is 0. The zero-order valence-corrected chi connectivity index (χ0v) is 6.20. The number of hydrogen-bond donors (Lipinski definition) is 1. The van der Waals surface area contributed by atoms with E-state index in [1.54, 1.807) is 0 Å². The average Bonchev–Trinajstić information content (AvgIpc) is 0. The van der Waals surface area contributed by atoms with Gasteiger partial charge < -0.3 is 43.4 Å². The third kappa shape index (κ3) is 30.8. The molecule has 37 valence electrons. The molecule has 0 unspecified atom stereocenters. The summed E-state index contributed by atoms with van der Waals surface area (Å²) in [6, 6.07) is 0. The maximum Gasteiger partial charge on any atom is 3.00 e. The van der Waals surface area contributed by atoms with Gasteiger partial charge in [0.05, 0.1) is 0 Å². The van der Waals surface area contributed by atoms with Crippen LogP contribution in [-0.4, -0.2) is 0 Å². The monoisotopic (exact) mass is 224 g/mol. The van der Waals surface area contributed by atoms with E-state index in [9.17, 15) is 0 Å². The molecule has 0 aromatic heterocycles. The summed E-state index contributed by atoms with van der Waals surface area (Å²) in [5, 5.41) is 0. The largest absolute Gasteiger partial charge is 3.00 e. The van der Waals surface area contributed by atoms with E-state index in [2.05, 4.69) is 0 Å². The van der Waals surface area contributed by atoms with Gasteiger partial charge in [-0.1, -0.05) is 0 Å². The molecule has 3 N–H and O–H groups in total. The topological polar surface area (TPSA) is 35.0 Å². The summed E-state index contributed by atoms with van der Waals surface area (Å²) in [6.45, 7) is 0. The van der Waals surface area contributed by atoms with Crippen LogP contribution in [0.4, 0.5) is 0 Å². The Balaban J connectivity index is 0. The molecule has 0 fully saturated rings. The van der Waals surface area contributed by atoms with Gasteiger partial charge in [-0.15, -0.1) is 0 Å². The molecule has 0 aliphatic carbocycles. The Morgan fingerprint density at radius 1 is 0.600 bits per heavy atom. The van der Waals surface area contributed by atoms with E-state index in [4.69, 9.17) is 0 Å². The number of halogens is 3. The van der Waals surface area contributed by atoms with Crippen molar-refractivity contribution in [1.82, 2.24) is 6.15 Å². The second kappa shape index (κ2) is 51.2. The Morgan fingerprint density at radius 2 is 0.600 bits per heavy atom. The summed E-state index contributed by atoms with van der Waals surface area (Å²) in [4.78, 5) is 0. The fraction of sp³-hybridized carbons (Fsp3) is 0. The van der Waals surface area contributed by atoms with Crippen molar-refractivity contribution in [1.29, 1.82) is 0 Å². The van der Waals surface area contributed by atoms with Crippen LogP contribution >= 0.6 is 0 Å². The third-order valence-corrected chi connectivity index (χ3v) is 0. The quantitative estimate of drug-likeness (QED) is 0.408. The molecular weight excluding hydrogens is 221 g/mol. The molecule has 0 amide bonds. The van der Waals surface area contributed by atoms with Gasteiger partial charge in [-0.3, -0.25) is 0 Å². The third-order valence-electron chi connectivity index (χ3n) is 0. The Morgan fingerprint density at radius 3 is 0.600 bits per heavy atom. The fourth-order valence-corrected chi connectivity index (χ4v) is 0. The maximum atomic E-state index is 0. The molecule has 0 atom stereocenters. The molecule has 0 aromatic rings. The van der Waals surface area contributed by atoms with Gasteiger partial charge >= 0.3 is 19.5 Å². The molecule has 0 saturated heterocycles. The van der Waals surface area contributed by atoms with Crippen LogP contribution in [0.15, 0.2) is 0 Å². The minimum absolute atomic E-state index is 0. The summed E-state index contributed by atoms with van der Waals surface area (Å²) in [5.41, 5.74) is 0. The second-order valence-electron chi connectivity index (χ2n) is 0. The van der Waals surface area contributed by atoms with E-state index < -0.39 is 0 Å². The molecule has 0 aliphatic rings. The minimum Gasteiger partial charge on any atom is -1.00 e. The van der Waals surface area contributed by atoms with Gasteiger partial charge in [-0.25, -0.2) is 0 Å². The standard InChI is InChI=1S/3ClH.H3N.Ru/h3*1H;1H3;/q;;;;+3/p-3. The average molecular weight is 224 g/mol. The van der Waals surface area contributed by atoms with Gasteiger partial charge in [0.1, 0.15) is 0 Å². The van der Waals surface area contributed by atoms with Crippen molar-refractivity contribution in [2.24, 2.45) is 0 Å². The summed E-state index contributed by atoms with van der Waals surface area (Å²) < 4.78 is 0. The van der Waals surface area contributed by atoms with E-state index in [-0.39, 0.29) is 62.8 Å². The molecule has 0 saturated carbocycles. The fourth-order valence-electron chi connectivity index (χ4n) is 0. The van der Waals surface area contributed by atoms with Gasteiger partial charge in [-0.05, 0) is 0 Å². The van der Waals surface area contributed by atoms with Gasteiger partial charge in [0.15, 0.2) is 0 Å². The Hall–Kier alpha value is 1.45. The Bertz CT molecular complexity index is 6.85. The van der Waals surface area contributed by atoms with Crippen molar-refractivity contribution in [3.8, 4) is 0 Å². The summed E-state index contributed by atoms with van der Waals surface area (Å²) >= 11 is 0. The zero-order valence-electron chi connectivity index (χ0n) is 2.19. The van der Waals surface area contributed by atoms with Crippen LogP contribution in [0.5, 0.6) is 0 Å². The van der Waals surface area contributed by atoms with Crippen LogP contribution in [0, 0.1) is 0 Å². The first-order valence-electron chi connectivity index (χ1n) is 0. The van der Waals surface area contributed by atoms with Crippen molar-refractivity contribution in [3.05, 3.63) is 0 Å². The normalized spacial score (nSPS) is 0. The predicted molar refractivity (Wildman–Crippen MR) is 5.02 cm³/mol. The van der Waals surface area contributed by atoms with Crippen molar-refractivity contribution in [2.45, 2.75) is 0 Å². The van der Waals surface area contributed by atoms with Gasteiger partial charge in [0.2, 0.25) is 0 Å². The Labute approximate surface area is 62.8 Å². The molecule has 0 bridgehead atoms. The van der Waals surface area contributed by atoms with Gasteiger partial charge in [0, 0.05) is 0 Å². The van der Waals surface area contributed by atoms with Crippen molar-refractivity contribution in [3.63, 3.8) is 0 Å². The van der Waals surface area contributed by atoms with Crippen molar-refractivity contribution < 1.29 is 56.7 Å². The van der Waals surface area contributed by atoms with Gasteiger partial charge in [0.25, 0.3) is 0 Å². The van der Waals surface area contributed by atoms with E-state index in [0.717, 1.165) is 0 Å². The van der Waals surface area contributed by atoms with Crippen LogP contribution in [0.3, 0.4) is 0 Å². The predicted octanol–water partition coefficient (Wildman–Crippen LogP) is -8.83. The van der Waals surface area contributed by atoms with Crippen LogP contribution in [0.1, 0.15) is 0 Å². The van der Waals surface area contributed by atoms with E-state index in [0.29, 0.717) is 0 Å². The van der Waals surface area contributed by atoms with Gasteiger partial charge in [-0.2, -0.15) is 0 Å². The van der Waals surface area contributed by atoms with Crippen LogP contribution < -0.4 is 43.4 Å². The zero-order chi connectivity index (χ0) is 0. The van der Waals surface area contributed by atoms with E-state index in [1.165, 1.54) is 0 Å². The summed E-state index contributed by atoms with van der Waals surface area (Å²) in [6.07, 6.45) is 0. The minimum atomic E-state index is 0. The molecule has 0 aliphatic heterocycles. The summed E-state index contributed by atoms with van der Waals surface area (Å²) in [5.74, 6) is 0. The summed E-state index contributed by atoms with van der Waals surface area (Å²) in [7, 11) is 0. The second-order valence-corrected chi connectivity index (χ2v) is 0. The van der Waals surface area contributed by atoms with Crippen molar-refractivity contribution in [2.75, 3.05) is 0 Å². The van der Waals surface area contributed by atoms with Crippen LogP contribution in [0.2, 0.25) is 0 Å². The first-order valence-corrected chi connectivity index (χ1v) is 0. The van der Waals surface area contributed by atoms with Crippen LogP contribution in [0.25, 0.3) is 0 Å². The number of hydrogen-bond acceptors (Lipinski definition) is 1. The molecule has 1 nitrogen and oxygen atoms in total. The SMILES string of the molecule is N.[Cl-].[Cl-].[Cl-].[Ru+3]. The molecule has 0 heterocycles. The first-order chi connectivity index (χ1) is 0. The Kier molecular flexibility index (Phi) is 930. The molecule has 0 aromatic carbocycles.